The van der Waals surface area contributed by atoms with Crippen molar-refractivity contribution in [2.24, 2.45) is 0 Å². The van der Waals surface area contributed by atoms with E-state index in [1.807, 2.05) is 25.1 Å². The number of para-hydroxylation sites is 2. The normalized spacial score (nSPS) is 11.8. The Morgan fingerprint density at radius 1 is 1.19 bits per heavy atom. The largest absolute Gasteiger partial charge is 0.497 e. The average molecular weight is 285 g/mol. The van der Waals surface area contributed by atoms with Gasteiger partial charge in [-0.3, -0.25) is 4.79 Å². The highest BCUT2D eigenvalue weighted by molar-refractivity contribution is 6.00. The van der Waals surface area contributed by atoms with E-state index in [-0.39, 0.29) is 5.78 Å². The summed E-state index contributed by atoms with van der Waals surface area (Å²) in [5, 5.41) is 0. The number of Topliss-reactive ketones (excluding diaryl/α,β-unsaturated/α-hetero) is 1. The maximum atomic E-state index is 12.5. The van der Waals surface area contributed by atoms with E-state index in [0.717, 1.165) is 11.3 Å². The summed E-state index contributed by atoms with van der Waals surface area (Å²) in [5.41, 5.74) is 7.82. The Balaban J connectivity index is 2.18. The highest BCUT2D eigenvalue weighted by Gasteiger charge is 2.19. The van der Waals surface area contributed by atoms with Gasteiger partial charge in [0.05, 0.1) is 12.8 Å². The number of ketones is 1. The molecule has 4 heteroatoms. The summed E-state index contributed by atoms with van der Waals surface area (Å²) in [4.78, 5) is 12.5. The third-order valence-corrected chi connectivity index (χ3v) is 3.29. The molecular weight excluding hydrogens is 266 g/mol. The number of hydrogen-bond donors (Lipinski definition) is 1. The molecule has 0 aliphatic carbocycles. The molecule has 21 heavy (non-hydrogen) atoms. The van der Waals surface area contributed by atoms with Crippen molar-refractivity contribution in [3.63, 3.8) is 0 Å². The lowest BCUT2D eigenvalue weighted by atomic mass is 10.0. The van der Waals surface area contributed by atoms with E-state index in [1.165, 1.54) is 0 Å². The van der Waals surface area contributed by atoms with Gasteiger partial charge >= 0.3 is 0 Å². The Labute approximate surface area is 124 Å². The Morgan fingerprint density at radius 3 is 2.52 bits per heavy atom. The highest BCUT2D eigenvalue weighted by atomic mass is 16.5. The minimum Gasteiger partial charge on any atom is -0.497 e. The van der Waals surface area contributed by atoms with E-state index < -0.39 is 6.10 Å². The Kier molecular flexibility index (Phi) is 4.48. The van der Waals surface area contributed by atoms with Crippen LogP contribution in [0.25, 0.3) is 0 Å². The van der Waals surface area contributed by atoms with Crippen molar-refractivity contribution in [2.75, 3.05) is 12.8 Å². The number of nitrogens with two attached hydrogens (primary N) is 1. The number of anilines is 1. The third kappa shape index (κ3) is 3.34. The summed E-state index contributed by atoms with van der Waals surface area (Å²) in [6, 6.07) is 12.5. The van der Waals surface area contributed by atoms with Gasteiger partial charge in [0.1, 0.15) is 11.5 Å². The van der Waals surface area contributed by atoms with Gasteiger partial charge in [-0.05, 0) is 49.7 Å². The van der Waals surface area contributed by atoms with Gasteiger partial charge in [-0.2, -0.15) is 0 Å². The van der Waals surface area contributed by atoms with Crippen LogP contribution in [-0.4, -0.2) is 19.0 Å². The van der Waals surface area contributed by atoms with E-state index in [1.54, 1.807) is 38.3 Å². The van der Waals surface area contributed by atoms with E-state index in [0.29, 0.717) is 17.0 Å². The van der Waals surface area contributed by atoms with Gasteiger partial charge in [0.2, 0.25) is 5.78 Å². The van der Waals surface area contributed by atoms with Crippen molar-refractivity contribution in [1.29, 1.82) is 0 Å². The number of ether oxygens (including phenoxy) is 2. The number of rotatable bonds is 5. The molecule has 0 radical (unpaired) electrons. The zero-order chi connectivity index (χ0) is 15.4. The second kappa shape index (κ2) is 6.31. The summed E-state index contributed by atoms with van der Waals surface area (Å²) in [6.07, 6.45) is -0.609. The van der Waals surface area contributed by atoms with E-state index in [2.05, 4.69) is 0 Å². The molecule has 2 aromatic carbocycles. The molecule has 0 bridgehead atoms. The molecule has 0 aromatic heterocycles. The summed E-state index contributed by atoms with van der Waals surface area (Å²) in [7, 11) is 1.60. The van der Waals surface area contributed by atoms with Crippen molar-refractivity contribution in [3.05, 3.63) is 53.6 Å². The van der Waals surface area contributed by atoms with Crippen LogP contribution in [0.2, 0.25) is 0 Å². The fraction of sp³-hybridized carbons (Fsp3) is 0.235. The zero-order valence-electron chi connectivity index (χ0n) is 12.4. The molecule has 110 valence electrons. The lowest BCUT2D eigenvalue weighted by Gasteiger charge is -2.16. The molecule has 0 heterocycles. The van der Waals surface area contributed by atoms with E-state index >= 15 is 0 Å². The molecule has 1 atom stereocenters. The Bertz CT molecular complexity index is 652. The third-order valence-electron chi connectivity index (χ3n) is 3.29. The summed E-state index contributed by atoms with van der Waals surface area (Å²) in [5.74, 6) is 1.16. The second-order valence-corrected chi connectivity index (χ2v) is 4.84. The first-order valence-electron chi connectivity index (χ1n) is 6.73. The van der Waals surface area contributed by atoms with Crippen molar-refractivity contribution in [2.45, 2.75) is 20.0 Å². The van der Waals surface area contributed by atoms with E-state index in [4.69, 9.17) is 15.2 Å². The molecule has 1 unspecified atom stereocenters. The molecule has 2 rings (SSSR count). The maximum absolute atomic E-state index is 12.5. The van der Waals surface area contributed by atoms with Crippen LogP contribution in [0.1, 0.15) is 22.8 Å². The van der Waals surface area contributed by atoms with E-state index in [9.17, 15) is 4.79 Å². The van der Waals surface area contributed by atoms with Crippen LogP contribution in [0.3, 0.4) is 0 Å². The van der Waals surface area contributed by atoms with Crippen LogP contribution >= 0.6 is 0 Å². The van der Waals surface area contributed by atoms with Crippen LogP contribution in [0.15, 0.2) is 42.5 Å². The molecule has 0 amide bonds. The molecular formula is C17H19NO3. The number of carbonyl (C=O) groups excluding carboxylic acids is 1. The summed E-state index contributed by atoms with van der Waals surface area (Å²) >= 11 is 0. The number of methoxy groups -OCH3 is 1. The molecule has 0 saturated heterocycles. The van der Waals surface area contributed by atoms with Crippen LogP contribution in [0.4, 0.5) is 5.69 Å². The van der Waals surface area contributed by atoms with Gasteiger partial charge in [-0.25, -0.2) is 0 Å². The number of hydrogen-bond acceptors (Lipinski definition) is 4. The number of carbonyl (C=O) groups is 1. The molecule has 2 aromatic rings. The van der Waals surface area contributed by atoms with Crippen LogP contribution in [0.5, 0.6) is 11.5 Å². The van der Waals surface area contributed by atoms with Gasteiger partial charge in [0, 0.05) is 5.56 Å². The Morgan fingerprint density at radius 2 is 1.90 bits per heavy atom. The van der Waals surface area contributed by atoms with Crippen molar-refractivity contribution < 1.29 is 14.3 Å². The van der Waals surface area contributed by atoms with Gasteiger partial charge in [0.25, 0.3) is 0 Å². The first-order chi connectivity index (χ1) is 10.0. The fourth-order valence-corrected chi connectivity index (χ4v) is 2.09. The topological polar surface area (TPSA) is 61.5 Å². The SMILES string of the molecule is COc1ccc(C(=O)C(C)Oc2ccccc2N)c(C)c1. The molecule has 0 saturated carbocycles. The molecule has 2 N–H and O–H groups in total. The predicted octanol–water partition coefficient (Wildman–Crippen LogP) is 3.24. The highest BCUT2D eigenvalue weighted by Crippen LogP contribution is 2.23. The van der Waals surface area contributed by atoms with Crippen molar-refractivity contribution in [3.8, 4) is 11.5 Å². The zero-order valence-corrected chi connectivity index (χ0v) is 12.4. The molecule has 0 spiro atoms. The lowest BCUT2D eigenvalue weighted by molar-refractivity contribution is 0.0818. The first kappa shape index (κ1) is 14.9. The van der Waals surface area contributed by atoms with Crippen molar-refractivity contribution >= 4 is 11.5 Å². The number of aryl methyl sites for hydroxylation is 1. The second-order valence-electron chi connectivity index (χ2n) is 4.84. The predicted molar refractivity (Wildman–Crippen MR) is 83.0 cm³/mol. The molecule has 0 fully saturated rings. The quantitative estimate of drug-likeness (QED) is 0.676. The van der Waals surface area contributed by atoms with Crippen molar-refractivity contribution in [1.82, 2.24) is 0 Å². The van der Waals surface area contributed by atoms with Crippen LogP contribution in [-0.2, 0) is 0 Å². The smallest absolute Gasteiger partial charge is 0.203 e. The average Bonchev–Trinajstić information content (AvgIpc) is 2.48. The molecule has 0 aliphatic rings. The van der Waals surface area contributed by atoms with Gasteiger partial charge in [-0.15, -0.1) is 0 Å². The first-order valence-corrected chi connectivity index (χ1v) is 6.73. The monoisotopic (exact) mass is 285 g/mol. The Hall–Kier alpha value is -2.49. The van der Waals surface area contributed by atoms with Gasteiger partial charge in [-0.1, -0.05) is 12.1 Å². The number of benzene rings is 2. The van der Waals surface area contributed by atoms with Gasteiger partial charge < -0.3 is 15.2 Å². The minimum absolute atomic E-state index is 0.0848. The lowest BCUT2D eigenvalue weighted by Crippen LogP contribution is -2.25. The van der Waals surface area contributed by atoms with Crippen LogP contribution in [0, 0.1) is 6.92 Å². The van der Waals surface area contributed by atoms with Gasteiger partial charge in [0.15, 0.2) is 6.10 Å². The molecule has 0 aliphatic heterocycles. The van der Waals surface area contributed by atoms with Crippen LogP contribution < -0.4 is 15.2 Å². The standard InChI is InChI=1S/C17H19NO3/c1-11-10-13(20-3)8-9-14(11)17(19)12(2)21-16-7-5-4-6-15(16)18/h4-10,12H,18H2,1-3H3. The maximum Gasteiger partial charge on any atom is 0.203 e. The summed E-state index contributed by atoms with van der Waals surface area (Å²) in [6.45, 7) is 3.60. The number of nitrogen functional groups attached to an aromatic ring is 1. The fourth-order valence-electron chi connectivity index (χ4n) is 2.09. The molecule has 4 nitrogen and oxygen atoms in total. The minimum atomic E-state index is -0.609. The summed E-state index contributed by atoms with van der Waals surface area (Å²) < 4.78 is 10.8.